The quantitative estimate of drug-likeness (QED) is 0.779. The number of rotatable bonds is 3. The van der Waals surface area contributed by atoms with Crippen LogP contribution in [-0.4, -0.2) is 24.1 Å². The largest absolute Gasteiger partial charge is 0.295 e. The van der Waals surface area contributed by atoms with Crippen molar-refractivity contribution in [3.05, 3.63) is 11.1 Å². The maximum atomic E-state index is 4.57. The summed E-state index contributed by atoms with van der Waals surface area (Å²) in [5.74, 6) is 0.677. The summed E-state index contributed by atoms with van der Waals surface area (Å²) in [6, 6.07) is 0. The van der Waals surface area contributed by atoms with Crippen LogP contribution in [0, 0.1) is 5.41 Å². The van der Waals surface area contributed by atoms with Crippen LogP contribution in [0.5, 0.6) is 0 Å². The molecular weight excluding hydrogens is 194 g/mol. The van der Waals surface area contributed by atoms with Gasteiger partial charge in [0, 0.05) is 25.4 Å². The van der Waals surface area contributed by atoms with Crippen molar-refractivity contribution in [2.45, 2.75) is 26.2 Å². The first kappa shape index (κ1) is 9.93. The molecule has 4 heteroatoms. The SMILES string of the molecule is CN(C)Nc1nc(C2CC2(C)C)cs1. The lowest BCUT2D eigenvalue weighted by Gasteiger charge is -2.09. The van der Waals surface area contributed by atoms with E-state index in [2.05, 4.69) is 29.6 Å². The fourth-order valence-corrected chi connectivity index (χ4v) is 2.50. The molecule has 78 valence electrons. The van der Waals surface area contributed by atoms with Gasteiger partial charge in [0.1, 0.15) is 0 Å². The lowest BCUT2D eigenvalue weighted by molar-refractivity contribution is 0.494. The van der Waals surface area contributed by atoms with Crippen molar-refractivity contribution in [2.24, 2.45) is 5.41 Å². The molecular formula is C10H17N3S. The molecule has 0 aliphatic heterocycles. The maximum Gasteiger partial charge on any atom is 0.197 e. The predicted octanol–water partition coefficient (Wildman–Crippen LogP) is 2.55. The smallest absolute Gasteiger partial charge is 0.197 e. The Hall–Kier alpha value is -0.610. The number of hydrazine groups is 1. The van der Waals surface area contributed by atoms with Gasteiger partial charge in [0.05, 0.1) is 5.69 Å². The Bertz CT molecular complexity index is 330. The van der Waals surface area contributed by atoms with Crippen LogP contribution >= 0.6 is 11.3 Å². The standard InChI is InChI=1S/C10H17N3S/c1-10(2)5-7(10)8-6-14-9(11-8)12-13(3)4/h6-7H,5H2,1-4H3,(H,11,12). The van der Waals surface area contributed by atoms with Crippen LogP contribution in [0.2, 0.25) is 0 Å². The molecule has 1 saturated carbocycles. The van der Waals surface area contributed by atoms with Gasteiger partial charge >= 0.3 is 0 Å². The molecule has 1 aliphatic rings. The normalized spacial score (nSPS) is 23.9. The average Bonchev–Trinajstić information content (AvgIpc) is 2.52. The van der Waals surface area contributed by atoms with Gasteiger partial charge in [-0.2, -0.15) is 0 Å². The summed E-state index contributed by atoms with van der Waals surface area (Å²) < 4.78 is 0. The third kappa shape index (κ3) is 1.91. The fourth-order valence-electron chi connectivity index (χ4n) is 1.66. The molecule has 1 aromatic rings. The molecule has 0 bridgehead atoms. The second-order valence-corrected chi connectivity index (χ2v) is 5.69. The van der Waals surface area contributed by atoms with Gasteiger partial charge in [-0.05, 0) is 11.8 Å². The van der Waals surface area contributed by atoms with Gasteiger partial charge in [0.2, 0.25) is 0 Å². The number of hydrogen-bond donors (Lipinski definition) is 1. The molecule has 0 amide bonds. The minimum absolute atomic E-state index is 0.476. The fraction of sp³-hybridized carbons (Fsp3) is 0.700. The van der Waals surface area contributed by atoms with Crippen molar-refractivity contribution < 1.29 is 0 Å². The van der Waals surface area contributed by atoms with Gasteiger partial charge in [0.25, 0.3) is 0 Å². The second kappa shape index (κ2) is 3.21. The molecule has 2 rings (SSSR count). The van der Waals surface area contributed by atoms with Crippen molar-refractivity contribution in [2.75, 3.05) is 19.5 Å². The van der Waals surface area contributed by atoms with Gasteiger partial charge in [0.15, 0.2) is 5.13 Å². The molecule has 1 aromatic heterocycles. The highest BCUT2D eigenvalue weighted by atomic mass is 32.1. The van der Waals surface area contributed by atoms with Crippen LogP contribution in [-0.2, 0) is 0 Å². The van der Waals surface area contributed by atoms with Crippen LogP contribution < -0.4 is 5.43 Å². The first-order chi connectivity index (χ1) is 6.49. The number of anilines is 1. The van der Waals surface area contributed by atoms with E-state index < -0.39 is 0 Å². The summed E-state index contributed by atoms with van der Waals surface area (Å²) in [6.45, 7) is 4.60. The van der Waals surface area contributed by atoms with E-state index in [1.807, 2.05) is 19.1 Å². The number of nitrogens with zero attached hydrogens (tertiary/aromatic N) is 2. The zero-order valence-corrected chi connectivity index (χ0v) is 9.98. The van der Waals surface area contributed by atoms with E-state index in [-0.39, 0.29) is 0 Å². The molecule has 0 spiro atoms. The Morgan fingerprint density at radius 2 is 2.21 bits per heavy atom. The first-order valence-corrected chi connectivity index (χ1v) is 5.76. The summed E-state index contributed by atoms with van der Waals surface area (Å²) in [5, 5.41) is 5.08. The Labute approximate surface area is 89.1 Å². The Morgan fingerprint density at radius 1 is 1.57 bits per heavy atom. The van der Waals surface area contributed by atoms with E-state index in [0.29, 0.717) is 11.3 Å². The number of nitrogens with one attached hydrogen (secondary N) is 1. The monoisotopic (exact) mass is 211 g/mol. The van der Waals surface area contributed by atoms with Crippen molar-refractivity contribution in [3.63, 3.8) is 0 Å². The summed E-state index contributed by atoms with van der Waals surface area (Å²) in [4.78, 5) is 4.57. The highest BCUT2D eigenvalue weighted by Gasteiger charge is 2.47. The molecule has 1 N–H and O–H groups in total. The maximum absolute atomic E-state index is 4.57. The summed E-state index contributed by atoms with van der Waals surface area (Å²) in [6.07, 6.45) is 1.28. The van der Waals surface area contributed by atoms with Crippen LogP contribution in [0.15, 0.2) is 5.38 Å². The van der Waals surface area contributed by atoms with Crippen LogP contribution in [0.1, 0.15) is 31.9 Å². The molecule has 1 atom stereocenters. The number of aromatic nitrogens is 1. The third-order valence-corrected chi connectivity index (χ3v) is 3.48. The molecule has 14 heavy (non-hydrogen) atoms. The van der Waals surface area contributed by atoms with Crippen molar-refractivity contribution in [1.29, 1.82) is 0 Å². The van der Waals surface area contributed by atoms with Crippen molar-refractivity contribution >= 4 is 16.5 Å². The molecule has 1 heterocycles. The molecule has 0 saturated heterocycles. The zero-order valence-electron chi connectivity index (χ0n) is 9.16. The third-order valence-electron chi connectivity index (χ3n) is 2.71. The zero-order chi connectivity index (χ0) is 10.3. The minimum atomic E-state index is 0.476. The van der Waals surface area contributed by atoms with Crippen LogP contribution in [0.4, 0.5) is 5.13 Å². The molecule has 1 unspecified atom stereocenters. The molecule has 1 aliphatic carbocycles. The van der Waals surface area contributed by atoms with E-state index in [0.717, 1.165) is 5.13 Å². The molecule has 0 aromatic carbocycles. The summed E-state index contributed by atoms with van der Waals surface area (Å²) in [5.41, 5.74) is 4.91. The van der Waals surface area contributed by atoms with Gasteiger partial charge in [-0.15, -0.1) is 11.3 Å². The van der Waals surface area contributed by atoms with E-state index in [4.69, 9.17) is 0 Å². The van der Waals surface area contributed by atoms with E-state index >= 15 is 0 Å². The molecule has 3 nitrogen and oxygen atoms in total. The van der Waals surface area contributed by atoms with Gasteiger partial charge in [-0.1, -0.05) is 13.8 Å². The highest BCUT2D eigenvalue weighted by molar-refractivity contribution is 7.13. The Kier molecular flexibility index (Phi) is 2.27. The van der Waals surface area contributed by atoms with Gasteiger partial charge in [-0.3, -0.25) is 5.43 Å². The van der Waals surface area contributed by atoms with Crippen LogP contribution in [0.3, 0.4) is 0 Å². The molecule has 1 fully saturated rings. The summed E-state index contributed by atoms with van der Waals surface area (Å²) in [7, 11) is 3.95. The number of thiazole rings is 1. The van der Waals surface area contributed by atoms with E-state index in [9.17, 15) is 0 Å². The van der Waals surface area contributed by atoms with Crippen LogP contribution in [0.25, 0.3) is 0 Å². The predicted molar refractivity (Wildman–Crippen MR) is 60.6 cm³/mol. The summed E-state index contributed by atoms with van der Waals surface area (Å²) >= 11 is 1.68. The highest BCUT2D eigenvalue weighted by Crippen LogP contribution is 2.58. The van der Waals surface area contributed by atoms with E-state index in [1.165, 1.54) is 12.1 Å². The number of hydrogen-bond acceptors (Lipinski definition) is 4. The molecule has 0 radical (unpaired) electrons. The Morgan fingerprint density at radius 3 is 2.71 bits per heavy atom. The minimum Gasteiger partial charge on any atom is -0.295 e. The lowest BCUT2D eigenvalue weighted by atomic mass is 10.1. The van der Waals surface area contributed by atoms with E-state index in [1.54, 1.807) is 11.3 Å². The van der Waals surface area contributed by atoms with Crippen molar-refractivity contribution in [1.82, 2.24) is 9.99 Å². The average molecular weight is 211 g/mol. The topological polar surface area (TPSA) is 28.2 Å². The van der Waals surface area contributed by atoms with Crippen molar-refractivity contribution in [3.8, 4) is 0 Å². The second-order valence-electron chi connectivity index (χ2n) is 4.83. The van der Waals surface area contributed by atoms with Gasteiger partial charge < -0.3 is 0 Å². The first-order valence-electron chi connectivity index (χ1n) is 4.88. The van der Waals surface area contributed by atoms with Gasteiger partial charge in [-0.25, -0.2) is 9.99 Å². The Balaban J connectivity index is 2.04. The lowest BCUT2D eigenvalue weighted by Crippen LogP contribution is -2.19.